The van der Waals surface area contributed by atoms with Crippen LogP contribution in [0.3, 0.4) is 0 Å². The predicted molar refractivity (Wildman–Crippen MR) is 90.0 cm³/mol. The first-order valence-electron chi connectivity index (χ1n) is 9.81. The van der Waals surface area contributed by atoms with Crippen molar-refractivity contribution in [3.05, 3.63) is 0 Å². The Morgan fingerprint density at radius 3 is 2.59 bits per heavy atom. The largest absolute Gasteiger partial charge is 0.411 e. The van der Waals surface area contributed by atoms with Gasteiger partial charge in [-0.2, -0.15) is 0 Å². The Hall–Kier alpha value is -0.530. The Kier molecular flexibility index (Phi) is 3.77. The molecule has 0 heterocycles. The van der Waals surface area contributed by atoms with Crippen molar-refractivity contribution >= 4 is 6.21 Å². The van der Waals surface area contributed by atoms with Crippen LogP contribution in [0.1, 0.15) is 71.6 Å². The zero-order chi connectivity index (χ0) is 15.3. The van der Waals surface area contributed by atoms with Crippen LogP contribution in [0, 0.1) is 46.8 Å². The van der Waals surface area contributed by atoms with Crippen LogP contribution in [0.4, 0.5) is 0 Å². The lowest BCUT2D eigenvalue weighted by Gasteiger charge is -2.56. The molecule has 4 aliphatic carbocycles. The van der Waals surface area contributed by atoms with Crippen molar-refractivity contribution in [2.45, 2.75) is 71.6 Å². The average molecular weight is 303 g/mol. The van der Waals surface area contributed by atoms with Crippen LogP contribution in [0.5, 0.6) is 0 Å². The van der Waals surface area contributed by atoms with Gasteiger partial charge in [-0.25, -0.2) is 0 Å². The van der Waals surface area contributed by atoms with Gasteiger partial charge in [-0.1, -0.05) is 20.3 Å². The summed E-state index contributed by atoms with van der Waals surface area (Å²) >= 11 is 0. The topological polar surface area (TPSA) is 32.6 Å². The highest BCUT2D eigenvalue weighted by Crippen LogP contribution is 2.64. The fourth-order valence-electron chi connectivity index (χ4n) is 7.45. The fraction of sp³-hybridized carbons (Fsp3) is 0.950. The number of oxime groups is 1. The van der Waals surface area contributed by atoms with E-state index >= 15 is 0 Å². The van der Waals surface area contributed by atoms with Crippen LogP contribution in [0.15, 0.2) is 5.16 Å². The van der Waals surface area contributed by atoms with Crippen molar-refractivity contribution in [2.24, 2.45) is 52.0 Å². The molecular weight excluding hydrogens is 270 g/mol. The van der Waals surface area contributed by atoms with E-state index in [1.807, 2.05) is 6.21 Å². The molecule has 22 heavy (non-hydrogen) atoms. The van der Waals surface area contributed by atoms with E-state index in [-0.39, 0.29) is 0 Å². The van der Waals surface area contributed by atoms with Gasteiger partial charge in [0.05, 0.1) is 0 Å². The first-order valence-corrected chi connectivity index (χ1v) is 9.81. The molecule has 0 spiro atoms. The Balaban J connectivity index is 1.55. The summed E-state index contributed by atoms with van der Waals surface area (Å²) in [4.78, 5) is 0. The van der Waals surface area contributed by atoms with Gasteiger partial charge in [0.1, 0.15) is 0 Å². The SMILES string of the molecule is CC1CCC2C(CCC3C2CCC2(C)C(/C=N/O)CCC32)C1. The zero-order valence-electron chi connectivity index (χ0n) is 14.4. The highest BCUT2D eigenvalue weighted by Gasteiger charge is 2.56. The average Bonchev–Trinajstić information content (AvgIpc) is 2.84. The third-order valence-corrected chi connectivity index (χ3v) is 8.54. The molecule has 2 heteroatoms. The van der Waals surface area contributed by atoms with Crippen LogP contribution < -0.4 is 0 Å². The molecule has 0 aromatic heterocycles. The summed E-state index contributed by atoms with van der Waals surface area (Å²) in [5, 5.41) is 12.4. The molecule has 0 aliphatic heterocycles. The maximum absolute atomic E-state index is 9.01. The minimum absolute atomic E-state index is 0.419. The van der Waals surface area contributed by atoms with Gasteiger partial charge in [-0.05, 0) is 92.3 Å². The van der Waals surface area contributed by atoms with Crippen molar-refractivity contribution in [3.63, 3.8) is 0 Å². The highest BCUT2D eigenvalue weighted by molar-refractivity contribution is 5.62. The van der Waals surface area contributed by atoms with E-state index in [1.165, 1.54) is 57.8 Å². The molecule has 4 rings (SSSR count). The van der Waals surface area contributed by atoms with Crippen LogP contribution in [0.25, 0.3) is 0 Å². The minimum Gasteiger partial charge on any atom is -0.411 e. The maximum Gasteiger partial charge on any atom is 0.0472 e. The first-order chi connectivity index (χ1) is 10.6. The molecule has 2 nitrogen and oxygen atoms in total. The van der Waals surface area contributed by atoms with Crippen molar-refractivity contribution in [1.82, 2.24) is 0 Å². The standard InChI is InChI=1S/C20H33NO/c1-13-3-6-16-14(11-13)4-7-18-17(16)9-10-20(2)15(12-21-22)5-8-19(18)20/h12-19,22H,3-11H2,1-2H3/b21-12+. The first kappa shape index (κ1) is 15.0. The number of nitrogens with zero attached hydrogens (tertiary/aromatic N) is 1. The summed E-state index contributed by atoms with van der Waals surface area (Å²) in [6.45, 7) is 4.97. The van der Waals surface area contributed by atoms with E-state index < -0.39 is 0 Å². The van der Waals surface area contributed by atoms with E-state index in [0.717, 1.165) is 35.5 Å². The molecule has 0 saturated heterocycles. The van der Waals surface area contributed by atoms with Crippen molar-refractivity contribution < 1.29 is 5.21 Å². The van der Waals surface area contributed by atoms with Gasteiger partial charge in [0.15, 0.2) is 0 Å². The van der Waals surface area contributed by atoms with E-state index in [2.05, 4.69) is 19.0 Å². The van der Waals surface area contributed by atoms with Gasteiger partial charge in [-0.15, -0.1) is 5.16 Å². The number of rotatable bonds is 1. The summed E-state index contributed by atoms with van der Waals surface area (Å²) in [5.74, 6) is 6.49. The van der Waals surface area contributed by atoms with Crippen molar-refractivity contribution in [1.29, 1.82) is 0 Å². The van der Waals surface area contributed by atoms with Gasteiger partial charge in [-0.3, -0.25) is 0 Å². The lowest BCUT2D eigenvalue weighted by Crippen LogP contribution is -2.48. The number of hydrogen-bond acceptors (Lipinski definition) is 2. The van der Waals surface area contributed by atoms with E-state index in [4.69, 9.17) is 5.21 Å². The van der Waals surface area contributed by atoms with Gasteiger partial charge >= 0.3 is 0 Å². The van der Waals surface area contributed by atoms with Gasteiger partial charge < -0.3 is 5.21 Å². The minimum atomic E-state index is 0.419. The smallest absolute Gasteiger partial charge is 0.0472 e. The van der Waals surface area contributed by atoms with Crippen LogP contribution >= 0.6 is 0 Å². The molecule has 4 fully saturated rings. The summed E-state index contributed by atoms with van der Waals surface area (Å²) in [6.07, 6.45) is 14.8. The quantitative estimate of drug-likeness (QED) is 0.395. The normalized spacial score (nSPS) is 54.7. The Morgan fingerprint density at radius 1 is 0.955 bits per heavy atom. The lowest BCUT2D eigenvalue weighted by atomic mass is 9.49. The molecule has 8 unspecified atom stereocenters. The van der Waals surface area contributed by atoms with Gasteiger partial charge in [0.25, 0.3) is 0 Å². The molecule has 0 amide bonds. The molecule has 124 valence electrons. The predicted octanol–water partition coefficient (Wildman–Crippen LogP) is 5.35. The number of hydrogen-bond donors (Lipinski definition) is 1. The zero-order valence-corrected chi connectivity index (χ0v) is 14.4. The van der Waals surface area contributed by atoms with Crippen molar-refractivity contribution in [2.75, 3.05) is 0 Å². The van der Waals surface area contributed by atoms with E-state index in [9.17, 15) is 0 Å². The monoisotopic (exact) mass is 303 g/mol. The van der Waals surface area contributed by atoms with E-state index in [1.54, 1.807) is 0 Å². The van der Waals surface area contributed by atoms with Crippen LogP contribution in [-0.2, 0) is 0 Å². The van der Waals surface area contributed by atoms with Gasteiger partial charge in [0.2, 0.25) is 0 Å². The molecule has 4 aliphatic rings. The Morgan fingerprint density at radius 2 is 1.77 bits per heavy atom. The molecule has 0 bridgehead atoms. The molecule has 8 atom stereocenters. The molecule has 0 aromatic carbocycles. The summed E-state index contributed by atoms with van der Waals surface area (Å²) in [6, 6.07) is 0. The number of fused-ring (bicyclic) bond motifs is 5. The molecular formula is C20H33NO. The second-order valence-corrected chi connectivity index (χ2v) is 9.35. The van der Waals surface area contributed by atoms with Crippen molar-refractivity contribution in [3.8, 4) is 0 Å². The molecule has 0 aromatic rings. The summed E-state index contributed by atoms with van der Waals surface area (Å²) in [7, 11) is 0. The Labute approximate surface area is 135 Å². The van der Waals surface area contributed by atoms with Crippen LogP contribution in [-0.4, -0.2) is 11.4 Å². The Bertz CT molecular complexity index is 447. The molecule has 0 radical (unpaired) electrons. The maximum atomic E-state index is 9.01. The molecule has 1 N–H and O–H groups in total. The van der Waals surface area contributed by atoms with E-state index in [0.29, 0.717) is 11.3 Å². The fourth-order valence-corrected chi connectivity index (χ4v) is 7.45. The second-order valence-electron chi connectivity index (χ2n) is 9.35. The molecule has 4 saturated carbocycles. The third kappa shape index (κ3) is 2.16. The summed E-state index contributed by atoms with van der Waals surface area (Å²) < 4.78 is 0. The highest BCUT2D eigenvalue weighted by atomic mass is 16.4. The lowest BCUT2D eigenvalue weighted by molar-refractivity contribution is -0.0604. The van der Waals surface area contributed by atoms with Crippen LogP contribution in [0.2, 0.25) is 0 Å². The second kappa shape index (κ2) is 5.53. The summed E-state index contributed by atoms with van der Waals surface area (Å²) in [5.41, 5.74) is 0.419. The van der Waals surface area contributed by atoms with Gasteiger partial charge in [0, 0.05) is 12.1 Å². The third-order valence-electron chi connectivity index (χ3n) is 8.54.